The summed E-state index contributed by atoms with van der Waals surface area (Å²) in [6.07, 6.45) is 2.22. The molecule has 1 fully saturated rings. The average Bonchev–Trinajstić information content (AvgIpc) is 3.32. The number of carbonyl (C=O) groups excluding carboxylic acids is 1. The first-order chi connectivity index (χ1) is 14.5. The molecule has 0 aliphatic carbocycles. The molecule has 2 aromatic carbocycles. The maximum atomic E-state index is 12.8. The number of carbonyl (C=O) groups is 2. The molecular weight excluding hydrogens is 418 g/mol. The number of amides is 1. The maximum Gasteiger partial charge on any atom is 0.335 e. The largest absolute Gasteiger partial charge is 0.478 e. The first-order valence-electron chi connectivity index (χ1n) is 9.24. The van der Waals surface area contributed by atoms with Gasteiger partial charge in [0, 0.05) is 18.2 Å². The molecule has 0 radical (unpaired) electrons. The number of carboxylic acid groups (broad SMARTS) is 1. The number of hydrogen-bond donors (Lipinski definition) is 1. The molecule has 1 N–H and O–H groups in total. The highest BCUT2D eigenvalue weighted by Gasteiger charge is 2.32. The standard InChI is InChI=1S/C23H17NO4S2/c25-21-20(14-18-9-10-19(28-18)16-6-2-1-3-7-16)30-23(29)24(21)12-11-15-5-4-8-17(13-15)22(26)27/h1-10,13-14H,11-12H2,(H,26,27)/b20-14+. The van der Waals surface area contributed by atoms with Crippen molar-refractivity contribution >= 4 is 46.3 Å². The minimum absolute atomic E-state index is 0.169. The zero-order chi connectivity index (χ0) is 21.1. The van der Waals surface area contributed by atoms with Crippen molar-refractivity contribution in [2.24, 2.45) is 0 Å². The van der Waals surface area contributed by atoms with Crippen molar-refractivity contribution in [2.75, 3.05) is 6.54 Å². The van der Waals surface area contributed by atoms with Gasteiger partial charge in [0.1, 0.15) is 15.8 Å². The fourth-order valence-corrected chi connectivity index (χ4v) is 4.40. The highest BCUT2D eigenvalue weighted by Crippen LogP contribution is 2.33. The summed E-state index contributed by atoms with van der Waals surface area (Å²) in [5.74, 6) is 0.176. The fraction of sp³-hybridized carbons (Fsp3) is 0.0870. The Morgan fingerprint density at radius 1 is 1.10 bits per heavy atom. The highest BCUT2D eigenvalue weighted by atomic mass is 32.2. The smallest absolute Gasteiger partial charge is 0.335 e. The molecule has 150 valence electrons. The Bertz CT molecular complexity index is 1150. The van der Waals surface area contributed by atoms with Gasteiger partial charge in [-0.2, -0.15) is 0 Å². The summed E-state index contributed by atoms with van der Waals surface area (Å²) in [6, 6.07) is 20.1. The topological polar surface area (TPSA) is 70.8 Å². The van der Waals surface area contributed by atoms with Crippen LogP contribution < -0.4 is 0 Å². The number of thioether (sulfide) groups is 1. The number of aromatic carboxylic acids is 1. The third-order valence-electron chi connectivity index (χ3n) is 4.63. The van der Waals surface area contributed by atoms with Gasteiger partial charge in [-0.1, -0.05) is 66.4 Å². The third kappa shape index (κ3) is 4.37. The van der Waals surface area contributed by atoms with Gasteiger partial charge in [-0.05, 0) is 36.2 Å². The first kappa shape index (κ1) is 20.1. The lowest BCUT2D eigenvalue weighted by Gasteiger charge is -2.14. The summed E-state index contributed by atoms with van der Waals surface area (Å²) in [5.41, 5.74) is 2.03. The Morgan fingerprint density at radius 3 is 2.67 bits per heavy atom. The Kier molecular flexibility index (Phi) is 5.83. The van der Waals surface area contributed by atoms with Crippen molar-refractivity contribution in [1.29, 1.82) is 0 Å². The molecule has 1 amide bonds. The normalized spacial score (nSPS) is 15.2. The zero-order valence-electron chi connectivity index (χ0n) is 15.8. The lowest BCUT2D eigenvalue weighted by Crippen LogP contribution is -2.30. The minimum Gasteiger partial charge on any atom is -0.478 e. The van der Waals surface area contributed by atoms with Gasteiger partial charge in [0.05, 0.1) is 10.5 Å². The number of rotatable bonds is 6. The molecule has 0 atom stereocenters. The lowest BCUT2D eigenvalue weighted by molar-refractivity contribution is -0.122. The minimum atomic E-state index is -0.973. The molecule has 0 saturated carbocycles. The van der Waals surface area contributed by atoms with Crippen LogP contribution in [0.1, 0.15) is 21.7 Å². The van der Waals surface area contributed by atoms with Gasteiger partial charge in [-0.3, -0.25) is 9.69 Å². The second-order valence-electron chi connectivity index (χ2n) is 6.66. The van der Waals surface area contributed by atoms with Crippen LogP contribution in [0.25, 0.3) is 17.4 Å². The molecule has 1 aromatic heterocycles. The number of nitrogens with zero attached hydrogens (tertiary/aromatic N) is 1. The van der Waals surface area contributed by atoms with Gasteiger partial charge in [0.25, 0.3) is 5.91 Å². The van der Waals surface area contributed by atoms with Crippen LogP contribution in [0.4, 0.5) is 0 Å². The van der Waals surface area contributed by atoms with Gasteiger partial charge in [-0.15, -0.1) is 0 Å². The van der Waals surface area contributed by atoms with Crippen LogP contribution in [-0.4, -0.2) is 32.7 Å². The molecule has 5 nitrogen and oxygen atoms in total. The molecule has 7 heteroatoms. The van der Waals surface area contributed by atoms with Crippen LogP contribution >= 0.6 is 24.0 Å². The zero-order valence-corrected chi connectivity index (χ0v) is 17.4. The van der Waals surface area contributed by atoms with Crippen molar-refractivity contribution in [1.82, 2.24) is 4.90 Å². The van der Waals surface area contributed by atoms with Crippen LogP contribution in [0.5, 0.6) is 0 Å². The van der Waals surface area contributed by atoms with E-state index >= 15 is 0 Å². The van der Waals surface area contributed by atoms with E-state index < -0.39 is 5.97 Å². The van der Waals surface area contributed by atoms with E-state index in [2.05, 4.69) is 0 Å². The van der Waals surface area contributed by atoms with Crippen molar-refractivity contribution in [2.45, 2.75) is 6.42 Å². The number of furan rings is 1. The number of thiocarbonyl (C=S) groups is 1. The molecule has 3 aromatic rings. The Hall–Kier alpha value is -3.16. The van der Waals surface area contributed by atoms with Crippen molar-refractivity contribution in [3.63, 3.8) is 0 Å². The van der Waals surface area contributed by atoms with E-state index in [0.717, 1.165) is 16.9 Å². The predicted octanol–water partition coefficient (Wildman–Crippen LogP) is 5.09. The van der Waals surface area contributed by atoms with Gasteiger partial charge in [0.2, 0.25) is 0 Å². The second-order valence-corrected chi connectivity index (χ2v) is 8.33. The Morgan fingerprint density at radius 2 is 1.90 bits per heavy atom. The van der Waals surface area contributed by atoms with Gasteiger partial charge in [0.15, 0.2) is 0 Å². The molecule has 4 rings (SSSR count). The summed E-state index contributed by atoms with van der Waals surface area (Å²) >= 11 is 6.62. The van der Waals surface area contributed by atoms with Crippen LogP contribution in [0.3, 0.4) is 0 Å². The molecular formula is C23H17NO4S2. The van der Waals surface area contributed by atoms with E-state index in [-0.39, 0.29) is 11.5 Å². The molecule has 1 aliphatic rings. The SMILES string of the molecule is O=C(O)c1cccc(CCN2C(=O)/C(=C\c3ccc(-c4ccccc4)o3)SC2=S)c1. The van der Waals surface area contributed by atoms with Gasteiger partial charge in [-0.25, -0.2) is 4.79 Å². The van der Waals surface area contributed by atoms with E-state index in [1.54, 1.807) is 29.2 Å². The van der Waals surface area contributed by atoms with Crippen LogP contribution in [-0.2, 0) is 11.2 Å². The third-order valence-corrected chi connectivity index (χ3v) is 6.01. The van der Waals surface area contributed by atoms with Crippen molar-refractivity contribution < 1.29 is 19.1 Å². The molecule has 0 unspecified atom stereocenters. The summed E-state index contributed by atoms with van der Waals surface area (Å²) in [4.78, 5) is 26.0. The van der Waals surface area contributed by atoms with Gasteiger partial charge >= 0.3 is 5.97 Å². The lowest BCUT2D eigenvalue weighted by atomic mass is 10.1. The van der Waals surface area contributed by atoms with Crippen LogP contribution in [0.2, 0.25) is 0 Å². The maximum absolute atomic E-state index is 12.8. The average molecular weight is 436 g/mol. The summed E-state index contributed by atoms with van der Waals surface area (Å²) < 4.78 is 6.34. The summed E-state index contributed by atoms with van der Waals surface area (Å²) in [7, 11) is 0. The van der Waals surface area contributed by atoms with E-state index in [0.29, 0.717) is 28.0 Å². The van der Waals surface area contributed by atoms with Crippen LogP contribution in [0, 0.1) is 0 Å². The summed E-state index contributed by atoms with van der Waals surface area (Å²) in [5, 5.41) is 9.12. The Labute approximate surface area is 183 Å². The predicted molar refractivity (Wildman–Crippen MR) is 121 cm³/mol. The highest BCUT2D eigenvalue weighted by molar-refractivity contribution is 8.26. The number of hydrogen-bond acceptors (Lipinski definition) is 5. The van der Waals surface area contributed by atoms with Crippen LogP contribution in [0.15, 0.2) is 76.1 Å². The first-order valence-corrected chi connectivity index (χ1v) is 10.5. The van der Waals surface area contributed by atoms with E-state index in [1.165, 1.54) is 11.8 Å². The fourth-order valence-electron chi connectivity index (χ4n) is 3.11. The number of carboxylic acids is 1. The molecule has 1 saturated heterocycles. The van der Waals surface area contributed by atoms with E-state index in [1.807, 2.05) is 48.5 Å². The molecule has 1 aliphatic heterocycles. The van der Waals surface area contributed by atoms with E-state index in [4.69, 9.17) is 21.7 Å². The molecule has 0 spiro atoms. The quantitative estimate of drug-likeness (QED) is 0.430. The monoisotopic (exact) mass is 435 g/mol. The number of benzene rings is 2. The molecule has 30 heavy (non-hydrogen) atoms. The van der Waals surface area contributed by atoms with Crippen molar-refractivity contribution in [3.8, 4) is 11.3 Å². The Balaban J connectivity index is 1.46. The van der Waals surface area contributed by atoms with Gasteiger partial charge < -0.3 is 9.52 Å². The van der Waals surface area contributed by atoms with Crippen molar-refractivity contribution in [3.05, 3.63) is 88.5 Å². The second kappa shape index (κ2) is 8.69. The molecule has 2 heterocycles. The van der Waals surface area contributed by atoms with E-state index in [9.17, 15) is 9.59 Å². The summed E-state index contributed by atoms with van der Waals surface area (Å²) in [6.45, 7) is 0.387. The molecule has 0 bridgehead atoms.